The van der Waals surface area contributed by atoms with Crippen LogP contribution in [-0.4, -0.2) is 24.3 Å². The topological polar surface area (TPSA) is 95.8 Å². The summed E-state index contributed by atoms with van der Waals surface area (Å²) < 4.78 is 35.7. The molecule has 1 aromatic carbocycles. The van der Waals surface area contributed by atoms with Gasteiger partial charge in [0.1, 0.15) is 24.4 Å². The normalized spacial score (nSPS) is 20.7. The van der Waals surface area contributed by atoms with Gasteiger partial charge in [-0.25, -0.2) is 23.5 Å². The van der Waals surface area contributed by atoms with Gasteiger partial charge in [0.15, 0.2) is 5.65 Å². The van der Waals surface area contributed by atoms with Gasteiger partial charge in [-0.2, -0.15) is 4.68 Å². The Kier molecular flexibility index (Phi) is 4.31. The Morgan fingerprint density at radius 1 is 1.16 bits per heavy atom. The summed E-state index contributed by atoms with van der Waals surface area (Å²) in [7, 11) is 0. The van der Waals surface area contributed by atoms with E-state index in [9.17, 15) is 14.0 Å². The number of benzene rings is 1. The highest BCUT2D eigenvalue weighted by Crippen LogP contribution is 2.50. The highest BCUT2D eigenvalue weighted by atomic mass is 19.1. The van der Waals surface area contributed by atoms with Gasteiger partial charge in [0.25, 0.3) is 5.56 Å². The third kappa shape index (κ3) is 3.24. The fourth-order valence-electron chi connectivity index (χ4n) is 3.95. The van der Waals surface area contributed by atoms with Gasteiger partial charge in [-0.3, -0.25) is 9.36 Å². The molecule has 3 heterocycles. The summed E-state index contributed by atoms with van der Waals surface area (Å²) in [5.74, 6) is -1.14. The first-order valence-electron chi connectivity index (χ1n) is 9.68. The Hall–Kier alpha value is -3.69. The van der Waals surface area contributed by atoms with Gasteiger partial charge < -0.3 is 4.42 Å². The molecule has 0 amide bonds. The van der Waals surface area contributed by atoms with Crippen molar-refractivity contribution in [3.8, 4) is 0 Å². The summed E-state index contributed by atoms with van der Waals surface area (Å²) in [4.78, 5) is 33.3. The van der Waals surface area contributed by atoms with E-state index in [1.807, 2.05) is 0 Å². The quantitative estimate of drug-likeness (QED) is 0.499. The maximum atomic E-state index is 15.1. The van der Waals surface area contributed by atoms with Crippen LogP contribution in [0.4, 0.5) is 8.78 Å². The van der Waals surface area contributed by atoms with Crippen molar-refractivity contribution in [1.29, 1.82) is 0 Å². The lowest BCUT2D eigenvalue weighted by molar-refractivity contribution is 0.00174. The highest BCUT2D eigenvalue weighted by molar-refractivity contribution is 5.76. The first kappa shape index (κ1) is 19.3. The molecule has 1 aliphatic rings. The zero-order chi connectivity index (χ0) is 21.8. The molecule has 0 radical (unpaired) electrons. The number of hydrogen-bond donors (Lipinski definition) is 0. The number of halogens is 2. The zero-order valence-electron chi connectivity index (χ0n) is 16.5. The van der Waals surface area contributed by atoms with Gasteiger partial charge in [0, 0.05) is 19.0 Å². The Balaban J connectivity index is 1.38. The number of aryl methyl sites for hydroxylation is 1. The molecular weight excluding hydrogens is 408 g/mol. The molecule has 0 atom stereocenters. The van der Waals surface area contributed by atoms with Crippen molar-refractivity contribution in [2.75, 3.05) is 0 Å². The van der Waals surface area contributed by atoms with Crippen LogP contribution in [-0.2, 0) is 12.2 Å². The Labute approximate surface area is 173 Å². The molecule has 0 spiro atoms. The van der Waals surface area contributed by atoms with E-state index in [1.165, 1.54) is 35.2 Å². The molecule has 0 unspecified atom stereocenters. The van der Waals surface area contributed by atoms with Crippen molar-refractivity contribution in [3.05, 3.63) is 86.6 Å². The largest absolute Gasteiger partial charge is 0.437 e. The Bertz CT molecular complexity index is 1400. The predicted molar refractivity (Wildman–Crippen MR) is 106 cm³/mol. The molecule has 1 fully saturated rings. The van der Waals surface area contributed by atoms with Crippen LogP contribution in [0.15, 0.2) is 56.9 Å². The molecule has 0 aliphatic heterocycles. The summed E-state index contributed by atoms with van der Waals surface area (Å²) >= 11 is 0. The van der Waals surface area contributed by atoms with Gasteiger partial charge in [0.2, 0.25) is 5.89 Å². The van der Waals surface area contributed by atoms with E-state index in [0.717, 1.165) is 10.2 Å². The summed E-state index contributed by atoms with van der Waals surface area (Å²) in [5, 5.41) is 4.53. The van der Waals surface area contributed by atoms with Crippen LogP contribution >= 0.6 is 0 Å². The van der Waals surface area contributed by atoms with E-state index >= 15 is 4.39 Å². The maximum absolute atomic E-state index is 15.1. The minimum atomic E-state index is -1.65. The van der Waals surface area contributed by atoms with Crippen molar-refractivity contribution in [3.63, 3.8) is 0 Å². The first-order valence-corrected chi connectivity index (χ1v) is 9.68. The van der Waals surface area contributed by atoms with E-state index in [4.69, 9.17) is 4.42 Å². The van der Waals surface area contributed by atoms with Crippen molar-refractivity contribution in [2.45, 2.75) is 38.0 Å². The lowest BCUT2D eigenvalue weighted by Crippen LogP contribution is -2.41. The summed E-state index contributed by atoms with van der Waals surface area (Å²) in [6, 6.07) is 6.44. The van der Waals surface area contributed by atoms with Crippen molar-refractivity contribution < 1.29 is 13.2 Å². The Morgan fingerprint density at radius 2 is 1.90 bits per heavy atom. The van der Waals surface area contributed by atoms with Crippen molar-refractivity contribution in [2.24, 2.45) is 0 Å². The molecule has 5 rings (SSSR count). The third-order valence-electron chi connectivity index (χ3n) is 5.68. The fourth-order valence-corrected chi connectivity index (χ4v) is 3.95. The molecule has 0 N–H and O–H groups in total. The standard InChI is InChI=1S/C21H17F2N5O3/c1-12-6-7-24-18-17(12)19(29)27(11-25-18)10-16-26-28(20(30)31-16)15-8-21(23,9-15)13-2-4-14(22)5-3-13/h2-7,11,15H,8-10H2,1H3/t15-,21+. The number of aromatic nitrogens is 5. The number of pyridine rings is 1. The smallest absolute Gasteiger partial charge is 0.390 e. The van der Waals surface area contributed by atoms with Gasteiger partial charge in [0.05, 0.1) is 11.4 Å². The van der Waals surface area contributed by atoms with Gasteiger partial charge >= 0.3 is 5.76 Å². The van der Waals surface area contributed by atoms with Crippen molar-refractivity contribution >= 4 is 11.0 Å². The summed E-state index contributed by atoms with van der Waals surface area (Å²) in [6.45, 7) is 1.69. The molecule has 10 heteroatoms. The van der Waals surface area contributed by atoms with Crippen LogP contribution in [0.2, 0.25) is 0 Å². The average molecular weight is 425 g/mol. The monoisotopic (exact) mass is 425 g/mol. The minimum absolute atomic E-state index is 0.0207. The molecule has 0 saturated heterocycles. The molecule has 1 aliphatic carbocycles. The number of fused-ring (bicyclic) bond motifs is 1. The molecule has 8 nitrogen and oxygen atoms in total. The second kappa shape index (κ2) is 6.93. The first-order chi connectivity index (χ1) is 14.8. The van der Waals surface area contributed by atoms with Crippen LogP contribution in [0.5, 0.6) is 0 Å². The second-order valence-electron chi connectivity index (χ2n) is 7.74. The lowest BCUT2D eigenvalue weighted by atomic mass is 9.73. The highest BCUT2D eigenvalue weighted by Gasteiger charge is 2.48. The summed E-state index contributed by atoms with van der Waals surface area (Å²) in [5.41, 5.74) is -0.544. The van der Waals surface area contributed by atoms with E-state index in [0.29, 0.717) is 16.6 Å². The van der Waals surface area contributed by atoms with E-state index in [2.05, 4.69) is 15.1 Å². The number of rotatable bonds is 4. The minimum Gasteiger partial charge on any atom is -0.390 e. The van der Waals surface area contributed by atoms with E-state index in [1.54, 1.807) is 19.2 Å². The Morgan fingerprint density at radius 3 is 2.65 bits per heavy atom. The van der Waals surface area contributed by atoms with Crippen molar-refractivity contribution in [1.82, 2.24) is 24.3 Å². The SMILES string of the molecule is Cc1ccnc2ncn(Cc3nn([C@H]4C[C@](F)(c5ccc(F)cc5)C4)c(=O)o3)c(=O)c12. The predicted octanol–water partition coefficient (Wildman–Crippen LogP) is 2.64. The molecule has 158 valence electrons. The van der Waals surface area contributed by atoms with Crippen LogP contribution in [0.25, 0.3) is 11.0 Å². The van der Waals surface area contributed by atoms with E-state index < -0.39 is 23.3 Å². The van der Waals surface area contributed by atoms with Crippen LogP contribution in [0, 0.1) is 12.7 Å². The molecule has 1 saturated carbocycles. The van der Waals surface area contributed by atoms with Gasteiger partial charge in [-0.05, 0) is 36.2 Å². The maximum Gasteiger partial charge on any atom is 0.437 e. The number of alkyl halides is 1. The van der Waals surface area contributed by atoms with Crippen LogP contribution < -0.4 is 11.3 Å². The van der Waals surface area contributed by atoms with Crippen LogP contribution in [0.1, 0.15) is 35.9 Å². The lowest BCUT2D eigenvalue weighted by Gasteiger charge is -2.40. The van der Waals surface area contributed by atoms with Gasteiger partial charge in [-0.1, -0.05) is 12.1 Å². The van der Waals surface area contributed by atoms with E-state index in [-0.39, 0.29) is 30.8 Å². The molecule has 0 bridgehead atoms. The third-order valence-corrected chi connectivity index (χ3v) is 5.68. The summed E-state index contributed by atoms with van der Waals surface area (Å²) in [6.07, 6.45) is 2.94. The molecule has 4 aromatic rings. The molecular formula is C21H17F2N5O3. The molecule has 31 heavy (non-hydrogen) atoms. The fraction of sp³-hybridized carbons (Fsp3) is 0.286. The van der Waals surface area contributed by atoms with Crippen LogP contribution in [0.3, 0.4) is 0 Å². The zero-order valence-corrected chi connectivity index (χ0v) is 16.5. The number of hydrogen-bond acceptors (Lipinski definition) is 6. The molecule has 3 aromatic heterocycles. The second-order valence-corrected chi connectivity index (χ2v) is 7.74. The average Bonchev–Trinajstić information content (AvgIpc) is 3.08. The van der Waals surface area contributed by atoms with Gasteiger partial charge in [-0.15, -0.1) is 5.10 Å². The number of nitrogens with zero attached hydrogens (tertiary/aromatic N) is 5.